The van der Waals surface area contributed by atoms with E-state index < -0.39 is 0 Å². The largest absolute Gasteiger partial charge is 0.369 e. The van der Waals surface area contributed by atoms with Gasteiger partial charge in [0.25, 0.3) is 11.5 Å². The van der Waals surface area contributed by atoms with E-state index in [4.69, 9.17) is 0 Å². The third-order valence-electron chi connectivity index (χ3n) is 8.73. The molecule has 214 valence electrons. The van der Waals surface area contributed by atoms with Gasteiger partial charge in [-0.3, -0.25) is 9.59 Å². The Morgan fingerprint density at radius 1 is 0.925 bits per heavy atom. The van der Waals surface area contributed by atoms with Gasteiger partial charge in [-0.15, -0.1) is 0 Å². The van der Waals surface area contributed by atoms with Crippen LogP contribution >= 0.6 is 0 Å². The number of nitrogens with one attached hydrogen (secondary N) is 2. The van der Waals surface area contributed by atoms with Crippen LogP contribution in [0.3, 0.4) is 0 Å². The zero-order valence-corrected chi connectivity index (χ0v) is 25.4. The summed E-state index contributed by atoms with van der Waals surface area (Å²) in [4.78, 5) is 34.0. The van der Waals surface area contributed by atoms with Crippen LogP contribution in [-0.4, -0.2) is 48.5 Å². The first-order valence-electron chi connectivity index (χ1n) is 14.8. The number of hydrogen-bond donors (Lipinski definition) is 2. The number of pyridine rings is 1. The maximum atomic E-state index is 13.7. The summed E-state index contributed by atoms with van der Waals surface area (Å²) in [5.41, 5.74) is 8.35. The number of carbonyl (C=O) groups excluding carboxylic acids is 1. The number of aromatic nitrogens is 1. The topological polar surface area (TPSA) is 68.4 Å². The second-order valence-corrected chi connectivity index (χ2v) is 11.6. The molecule has 1 amide bonds. The summed E-state index contributed by atoms with van der Waals surface area (Å²) in [7, 11) is 4.35. The van der Waals surface area contributed by atoms with Crippen molar-refractivity contribution in [1.29, 1.82) is 0 Å². The molecule has 6 heteroatoms. The van der Waals surface area contributed by atoms with E-state index in [2.05, 4.69) is 85.3 Å². The summed E-state index contributed by atoms with van der Waals surface area (Å²) in [5.74, 6) is -0.155. The molecule has 40 heavy (non-hydrogen) atoms. The van der Waals surface area contributed by atoms with Crippen LogP contribution in [0.15, 0.2) is 47.3 Å². The number of benzene rings is 2. The van der Waals surface area contributed by atoms with Crippen molar-refractivity contribution in [2.75, 3.05) is 25.5 Å². The molecule has 1 aromatic heterocycles. The lowest BCUT2D eigenvalue weighted by Gasteiger charge is -2.40. The van der Waals surface area contributed by atoms with E-state index in [1.165, 1.54) is 18.4 Å². The van der Waals surface area contributed by atoms with Crippen molar-refractivity contribution in [2.24, 2.45) is 0 Å². The number of anilines is 1. The lowest BCUT2D eigenvalue weighted by Crippen LogP contribution is -2.42. The zero-order chi connectivity index (χ0) is 29.0. The van der Waals surface area contributed by atoms with Gasteiger partial charge in [0.05, 0.1) is 0 Å². The van der Waals surface area contributed by atoms with Gasteiger partial charge in [-0.05, 0) is 120 Å². The molecule has 1 fully saturated rings. The molecule has 0 bridgehead atoms. The summed E-state index contributed by atoms with van der Waals surface area (Å²) < 4.78 is 0. The number of amides is 1. The average Bonchev–Trinajstić information content (AvgIpc) is 2.94. The minimum Gasteiger partial charge on any atom is -0.369 e. The molecule has 1 heterocycles. The normalized spacial score (nSPS) is 17.2. The van der Waals surface area contributed by atoms with Crippen molar-refractivity contribution in [1.82, 2.24) is 15.2 Å². The van der Waals surface area contributed by atoms with E-state index in [9.17, 15) is 9.59 Å². The molecule has 3 aromatic rings. The molecule has 0 unspecified atom stereocenters. The molecule has 1 saturated carbocycles. The van der Waals surface area contributed by atoms with Gasteiger partial charge in [-0.1, -0.05) is 31.2 Å². The van der Waals surface area contributed by atoms with Crippen molar-refractivity contribution in [3.63, 3.8) is 0 Å². The summed E-state index contributed by atoms with van der Waals surface area (Å²) >= 11 is 0. The second-order valence-electron chi connectivity index (χ2n) is 11.6. The SMILES string of the molecule is CCc1ccc(-c2cc(C(=O)NCc3c(C)cc(C)[nH]c3=O)c(C)c(N(CC)C3CCC(N(C)C)CC3)c2)cc1. The number of aromatic amines is 1. The fraction of sp³-hybridized carbons (Fsp3) is 0.471. The summed E-state index contributed by atoms with van der Waals surface area (Å²) in [5, 5.41) is 3.05. The lowest BCUT2D eigenvalue weighted by molar-refractivity contribution is 0.0950. The average molecular weight is 543 g/mol. The Labute approximate surface area is 239 Å². The Hall–Kier alpha value is -3.38. The van der Waals surface area contributed by atoms with Crippen LogP contribution in [0.2, 0.25) is 0 Å². The van der Waals surface area contributed by atoms with Crippen molar-refractivity contribution in [3.05, 3.63) is 86.3 Å². The first kappa shape index (κ1) is 29.6. The molecule has 0 radical (unpaired) electrons. The minimum atomic E-state index is -0.155. The van der Waals surface area contributed by atoms with Gasteiger partial charge >= 0.3 is 0 Å². The summed E-state index contributed by atoms with van der Waals surface area (Å²) in [6, 6.07) is 15.9. The molecule has 0 aliphatic heterocycles. The van der Waals surface area contributed by atoms with Gasteiger partial charge in [-0.2, -0.15) is 0 Å². The number of carbonyl (C=O) groups is 1. The monoisotopic (exact) mass is 542 g/mol. The number of nitrogens with zero attached hydrogens (tertiary/aromatic N) is 2. The number of hydrogen-bond acceptors (Lipinski definition) is 4. The standard InChI is InChI=1S/C34H46N4O2/c1-8-25-10-12-26(13-11-25)27-19-30(33(39)35-21-31-22(3)18-23(4)36-34(31)40)24(5)32(20-27)38(9-2)29-16-14-28(15-17-29)37(6)7/h10-13,18-20,28-29H,8-9,14-17,21H2,1-7H3,(H,35,39)(H,36,40). The first-order chi connectivity index (χ1) is 19.1. The van der Waals surface area contributed by atoms with Crippen molar-refractivity contribution in [3.8, 4) is 11.1 Å². The van der Waals surface area contributed by atoms with Crippen LogP contribution in [0.1, 0.15) is 77.8 Å². The van der Waals surface area contributed by atoms with E-state index in [1.54, 1.807) is 0 Å². The smallest absolute Gasteiger partial charge is 0.253 e. The van der Waals surface area contributed by atoms with E-state index in [1.807, 2.05) is 26.0 Å². The highest BCUT2D eigenvalue weighted by molar-refractivity contribution is 5.99. The molecule has 1 aliphatic rings. The molecule has 6 nitrogen and oxygen atoms in total. The molecule has 2 N–H and O–H groups in total. The van der Waals surface area contributed by atoms with Crippen molar-refractivity contribution < 1.29 is 4.79 Å². The lowest BCUT2D eigenvalue weighted by atomic mass is 9.88. The van der Waals surface area contributed by atoms with E-state index in [0.29, 0.717) is 23.2 Å². The van der Waals surface area contributed by atoms with Crippen LogP contribution in [0, 0.1) is 20.8 Å². The Balaban J connectivity index is 1.71. The van der Waals surface area contributed by atoms with Crippen molar-refractivity contribution in [2.45, 2.75) is 85.4 Å². The fourth-order valence-electron chi connectivity index (χ4n) is 6.21. The Morgan fingerprint density at radius 2 is 1.57 bits per heavy atom. The third-order valence-corrected chi connectivity index (χ3v) is 8.73. The second kappa shape index (κ2) is 12.9. The van der Waals surface area contributed by atoms with Crippen molar-refractivity contribution >= 4 is 11.6 Å². The molecule has 4 rings (SSSR count). The van der Waals surface area contributed by atoms with Crippen LogP contribution in [0.5, 0.6) is 0 Å². The highest BCUT2D eigenvalue weighted by atomic mass is 16.1. The number of aryl methyl sites for hydroxylation is 3. The Kier molecular flexibility index (Phi) is 9.52. The highest BCUT2D eigenvalue weighted by Gasteiger charge is 2.28. The van der Waals surface area contributed by atoms with E-state index in [-0.39, 0.29) is 18.0 Å². The van der Waals surface area contributed by atoms with Gasteiger partial charge in [0.15, 0.2) is 0 Å². The number of rotatable bonds is 9. The van der Waals surface area contributed by atoms with Gasteiger partial charge in [0, 0.05) is 47.7 Å². The molecule has 2 aromatic carbocycles. The Morgan fingerprint density at radius 3 is 2.15 bits per heavy atom. The van der Waals surface area contributed by atoms with Gasteiger partial charge < -0.3 is 20.1 Å². The van der Waals surface area contributed by atoms with E-state index >= 15 is 0 Å². The van der Waals surface area contributed by atoms with Gasteiger partial charge in [0.2, 0.25) is 0 Å². The van der Waals surface area contributed by atoms with Gasteiger partial charge in [0.1, 0.15) is 0 Å². The quantitative estimate of drug-likeness (QED) is 0.340. The molecular formula is C34H46N4O2. The predicted octanol–water partition coefficient (Wildman–Crippen LogP) is 6.16. The first-order valence-corrected chi connectivity index (χ1v) is 14.8. The third kappa shape index (κ3) is 6.49. The maximum Gasteiger partial charge on any atom is 0.253 e. The molecule has 0 spiro atoms. The molecule has 1 aliphatic carbocycles. The van der Waals surface area contributed by atoms with Crippen LogP contribution in [0.25, 0.3) is 11.1 Å². The van der Waals surface area contributed by atoms with Crippen LogP contribution in [0.4, 0.5) is 5.69 Å². The molecule has 0 saturated heterocycles. The zero-order valence-electron chi connectivity index (χ0n) is 25.4. The van der Waals surface area contributed by atoms with Crippen LogP contribution < -0.4 is 15.8 Å². The molecular weight excluding hydrogens is 496 g/mol. The Bertz CT molecular complexity index is 1380. The number of H-pyrrole nitrogens is 1. The molecule has 0 atom stereocenters. The predicted molar refractivity (Wildman–Crippen MR) is 166 cm³/mol. The van der Waals surface area contributed by atoms with Gasteiger partial charge in [-0.25, -0.2) is 0 Å². The fourth-order valence-corrected chi connectivity index (χ4v) is 6.21. The highest BCUT2D eigenvalue weighted by Crippen LogP contribution is 2.35. The maximum absolute atomic E-state index is 13.7. The van der Waals surface area contributed by atoms with E-state index in [0.717, 1.165) is 59.4 Å². The minimum absolute atomic E-state index is 0.148. The summed E-state index contributed by atoms with van der Waals surface area (Å²) in [6.45, 7) is 11.3. The van der Waals surface area contributed by atoms with Crippen LogP contribution in [-0.2, 0) is 13.0 Å². The summed E-state index contributed by atoms with van der Waals surface area (Å²) in [6.07, 6.45) is 5.64.